The molecule has 0 unspecified atom stereocenters. The summed E-state index contributed by atoms with van der Waals surface area (Å²) in [6.07, 6.45) is 1.79. The molecule has 3 N–H and O–H groups in total. The van der Waals surface area contributed by atoms with Crippen LogP contribution in [0.4, 0.5) is 5.69 Å². The van der Waals surface area contributed by atoms with E-state index >= 15 is 0 Å². The number of hydrogen-bond acceptors (Lipinski definition) is 4. The molecule has 0 radical (unpaired) electrons. The van der Waals surface area contributed by atoms with Gasteiger partial charge in [0.1, 0.15) is 4.90 Å². The summed E-state index contributed by atoms with van der Waals surface area (Å²) >= 11 is 5.99. The van der Waals surface area contributed by atoms with Crippen molar-refractivity contribution in [1.82, 2.24) is 4.90 Å². The molecule has 1 aliphatic heterocycles. The summed E-state index contributed by atoms with van der Waals surface area (Å²) in [5.41, 5.74) is 6.93. The zero-order valence-electron chi connectivity index (χ0n) is 14.8. The molecule has 0 aliphatic carbocycles. The van der Waals surface area contributed by atoms with Crippen LogP contribution >= 0.6 is 11.6 Å². The lowest BCUT2D eigenvalue weighted by Crippen LogP contribution is -2.40. The van der Waals surface area contributed by atoms with E-state index in [0.29, 0.717) is 18.8 Å². The predicted molar refractivity (Wildman–Crippen MR) is 106 cm³/mol. The van der Waals surface area contributed by atoms with E-state index in [1.807, 2.05) is 12.1 Å². The minimum atomic E-state index is -3.74. The Kier molecular flexibility index (Phi) is 6.04. The van der Waals surface area contributed by atoms with Gasteiger partial charge in [0.25, 0.3) is 10.0 Å². The molecule has 1 saturated heterocycles. The van der Waals surface area contributed by atoms with Crippen LogP contribution in [0, 0.1) is 5.92 Å². The second-order valence-corrected chi connectivity index (χ2v) is 8.77. The maximum Gasteiger partial charge on any atom is 0.263 e. The molecule has 144 valence electrons. The van der Waals surface area contributed by atoms with E-state index in [1.54, 1.807) is 24.3 Å². The molecule has 0 bridgehead atoms. The zero-order valence-corrected chi connectivity index (χ0v) is 16.3. The van der Waals surface area contributed by atoms with Gasteiger partial charge in [-0.25, -0.2) is 8.42 Å². The highest BCUT2D eigenvalue weighted by Crippen LogP contribution is 2.24. The van der Waals surface area contributed by atoms with Crippen molar-refractivity contribution in [3.05, 3.63) is 59.1 Å². The summed E-state index contributed by atoms with van der Waals surface area (Å²) in [6.45, 7) is 2.28. The van der Waals surface area contributed by atoms with Crippen LogP contribution in [0.1, 0.15) is 18.4 Å². The van der Waals surface area contributed by atoms with Crippen molar-refractivity contribution in [2.45, 2.75) is 24.3 Å². The van der Waals surface area contributed by atoms with Crippen LogP contribution in [0.25, 0.3) is 0 Å². The van der Waals surface area contributed by atoms with Crippen molar-refractivity contribution in [1.29, 1.82) is 0 Å². The first-order valence-electron chi connectivity index (χ1n) is 8.73. The van der Waals surface area contributed by atoms with Crippen molar-refractivity contribution in [2.75, 3.05) is 17.8 Å². The van der Waals surface area contributed by atoms with Crippen LogP contribution in [0.5, 0.6) is 0 Å². The molecule has 0 spiro atoms. The molecule has 2 aromatic carbocycles. The van der Waals surface area contributed by atoms with E-state index in [1.165, 1.54) is 12.1 Å². The Morgan fingerprint density at radius 3 is 2.56 bits per heavy atom. The van der Waals surface area contributed by atoms with Crippen LogP contribution < -0.4 is 10.5 Å². The number of rotatable bonds is 6. The highest BCUT2D eigenvalue weighted by atomic mass is 35.5. The van der Waals surface area contributed by atoms with Crippen LogP contribution in [0.2, 0.25) is 5.02 Å². The van der Waals surface area contributed by atoms with Gasteiger partial charge in [-0.2, -0.15) is 0 Å². The second-order valence-electron chi connectivity index (χ2n) is 6.71. The molecular formula is C19H22ClN3O3S. The Bertz CT molecular complexity index is 916. The van der Waals surface area contributed by atoms with Crippen molar-refractivity contribution in [2.24, 2.45) is 11.7 Å². The third-order valence-electron chi connectivity index (χ3n) is 4.65. The second kappa shape index (κ2) is 8.29. The molecule has 0 saturated carbocycles. The maximum absolute atomic E-state index is 12.5. The molecule has 1 fully saturated rings. The number of sulfonamides is 1. The van der Waals surface area contributed by atoms with Gasteiger partial charge in [0.15, 0.2) is 0 Å². The lowest BCUT2D eigenvalue weighted by atomic mass is 9.97. The first-order valence-corrected chi connectivity index (χ1v) is 10.6. The van der Waals surface area contributed by atoms with Crippen molar-refractivity contribution >= 4 is 33.2 Å². The smallest absolute Gasteiger partial charge is 0.263 e. The van der Waals surface area contributed by atoms with E-state index < -0.39 is 10.0 Å². The number of benzene rings is 2. The Morgan fingerprint density at radius 1 is 1.19 bits per heavy atom. The number of halogens is 1. The molecule has 3 rings (SSSR count). The molecule has 1 amide bonds. The van der Waals surface area contributed by atoms with Gasteiger partial charge in [-0.1, -0.05) is 35.9 Å². The first kappa shape index (κ1) is 19.7. The lowest BCUT2D eigenvalue weighted by Gasteiger charge is -2.31. The average molecular weight is 408 g/mol. The monoisotopic (exact) mass is 407 g/mol. The Morgan fingerprint density at radius 2 is 1.89 bits per heavy atom. The molecule has 0 aromatic heterocycles. The number of carbonyl (C=O) groups is 1. The van der Waals surface area contributed by atoms with Gasteiger partial charge < -0.3 is 5.73 Å². The van der Waals surface area contributed by atoms with Crippen LogP contribution in [0.15, 0.2) is 53.4 Å². The fourth-order valence-corrected chi connectivity index (χ4v) is 4.82. The molecule has 1 atom stereocenters. The van der Waals surface area contributed by atoms with Crippen molar-refractivity contribution in [3.8, 4) is 0 Å². The quantitative estimate of drug-likeness (QED) is 0.770. The van der Waals surface area contributed by atoms with Crippen molar-refractivity contribution < 1.29 is 13.2 Å². The number of amides is 1. The van der Waals surface area contributed by atoms with E-state index in [2.05, 4.69) is 9.62 Å². The molecule has 27 heavy (non-hydrogen) atoms. The molecular weight excluding hydrogens is 386 g/mol. The first-order chi connectivity index (χ1) is 12.8. The summed E-state index contributed by atoms with van der Waals surface area (Å²) in [5, 5.41) is 0.177. The number of hydrogen-bond donors (Lipinski definition) is 2. The lowest BCUT2D eigenvalue weighted by molar-refractivity contribution is -0.123. The average Bonchev–Trinajstić information content (AvgIpc) is 2.63. The third-order valence-corrected chi connectivity index (χ3v) is 6.53. The third kappa shape index (κ3) is 5.00. The number of nitrogens with one attached hydrogen (secondary N) is 1. The van der Waals surface area contributed by atoms with Crippen LogP contribution in [-0.2, 0) is 21.4 Å². The van der Waals surface area contributed by atoms with E-state index in [-0.39, 0.29) is 21.7 Å². The largest absolute Gasteiger partial charge is 0.369 e. The molecule has 1 heterocycles. The minimum Gasteiger partial charge on any atom is -0.369 e. The summed E-state index contributed by atoms with van der Waals surface area (Å²) in [4.78, 5) is 13.6. The fourth-order valence-electron chi connectivity index (χ4n) is 3.24. The highest BCUT2D eigenvalue weighted by molar-refractivity contribution is 7.92. The SMILES string of the molecule is NC(=O)[C@@H]1CCCN(Cc2ccc(NS(=O)(=O)c3ccccc3Cl)cc2)C1. The zero-order chi connectivity index (χ0) is 19.4. The number of nitrogens with zero attached hydrogens (tertiary/aromatic N) is 1. The standard InChI is InChI=1S/C19H22ClN3O3S/c20-17-5-1-2-6-18(17)27(25,26)22-16-9-7-14(8-10-16)12-23-11-3-4-15(13-23)19(21)24/h1-2,5-10,15,22H,3-4,11-13H2,(H2,21,24)/t15-/m1/s1. The summed E-state index contributed by atoms with van der Waals surface area (Å²) in [5.74, 6) is -0.343. The Labute approximate surface area is 164 Å². The van der Waals surface area contributed by atoms with Gasteiger partial charge >= 0.3 is 0 Å². The van der Waals surface area contributed by atoms with Gasteiger partial charge in [-0.05, 0) is 49.2 Å². The van der Waals surface area contributed by atoms with E-state index in [0.717, 1.165) is 24.9 Å². The Balaban J connectivity index is 1.65. The van der Waals surface area contributed by atoms with E-state index in [9.17, 15) is 13.2 Å². The van der Waals surface area contributed by atoms with Gasteiger partial charge in [0.05, 0.1) is 10.9 Å². The van der Waals surface area contributed by atoms with Gasteiger partial charge in [0, 0.05) is 18.8 Å². The number of piperidine rings is 1. The number of carbonyl (C=O) groups excluding carboxylic acids is 1. The number of nitrogens with two attached hydrogens (primary N) is 1. The predicted octanol–water partition coefficient (Wildman–Crippen LogP) is 2.84. The number of primary amides is 1. The van der Waals surface area contributed by atoms with Gasteiger partial charge in [-0.3, -0.25) is 14.4 Å². The fraction of sp³-hybridized carbons (Fsp3) is 0.316. The number of anilines is 1. The highest BCUT2D eigenvalue weighted by Gasteiger charge is 2.24. The molecule has 2 aromatic rings. The minimum absolute atomic E-state index is 0.0431. The van der Waals surface area contributed by atoms with Crippen LogP contribution in [0.3, 0.4) is 0 Å². The maximum atomic E-state index is 12.5. The normalized spacial score (nSPS) is 18.2. The van der Waals surface area contributed by atoms with E-state index in [4.69, 9.17) is 17.3 Å². The number of likely N-dealkylation sites (tertiary alicyclic amines) is 1. The van der Waals surface area contributed by atoms with Crippen molar-refractivity contribution in [3.63, 3.8) is 0 Å². The molecule has 1 aliphatic rings. The molecule has 8 heteroatoms. The van der Waals surface area contributed by atoms with Gasteiger partial charge in [0.2, 0.25) is 5.91 Å². The van der Waals surface area contributed by atoms with Crippen LogP contribution in [-0.4, -0.2) is 32.3 Å². The Hall–Kier alpha value is -2.09. The topological polar surface area (TPSA) is 92.5 Å². The summed E-state index contributed by atoms with van der Waals surface area (Å²) in [7, 11) is -3.74. The van der Waals surface area contributed by atoms with Gasteiger partial charge in [-0.15, -0.1) is 0 Å². The molecule has 6 nitrogen and oxygen atoms in total. The summed E-state index contributed by atoms with van der Waals surface area (Å²) in [6, 6.07) is 13.5. The summed E-state index contributed by atoms with van der Waals surface area (Å²) < 4.78 is 27.5.